The number of furan rings is 1. The molecule has 0 unspecified atom stereocenters. The van der Waals surface area contributed by atoms with E-state index in [1.165, 1.54) is 16.8 Å². The zero-order chi connectivity index (χ0) is 37.2. The summed E-state index contributed by atoms with van der Waals surface area (Å²) >= 11 is 0. The second kappa shape index (κ2) is 16.0. The van der Waals surface area contributed by atoms with E-state index < -0.39 is 0 Å². The van der Waals surface area contributed by atoms with Gasteiger partial charge in [-0.1, -0.05) is 93.2 Å². The number of nitriles is 1. The minimum atomic E-state index is 0. The summed E-state index contributed by atoms with van der Waals surface area (Å²) in [5.41, 5.74) is 12.1. The standard InChI is InChI=1S/C37H29N4O.C11H8N.Ir/c1-22(2)26-9-7-10-27(23(3)4)34(26)41-33-14-6-5-13-32(33)39-36(41)30-12-8-11-28-29-19-20-31(40-37(29)42-35(28)30)25-17-15-24(21-38)16-18-25;1-2-6-10(7-3-1)11-8-4-5-9-12-11;/h5-11,13-20,22-23H,1-4H3;1-6,8-9H;/q2*-1;. The van der Waals surface area contributed by atoms with Gasteiger partial charge in [0.2, 0.25) is 5.71 Å². The third-order valence-corrected chi connectivity index (χ3v) is 9.61. The van der Waals surface area contributed by atoms with Gasteiger partial charge < -0.3 is 14.0 Å². The van der Waals surface area contributed by atoms with Crippen LogP contribution in [0.2, 0.25) is 0 Å². The number of hydrogen-bond acceptors (Lipinski definition) is 5. The van der Waals surface area contributed by atoms with Crippen LogP contribution in [0.1, 0.15) is 56.2 Å². The number of pyridine rings is 2. The molecule has 9 aromatic rings. The molecule has 0 saturated heterocycles. The molecule has 6 nitrogen and oxygen atoms in total. The van der Waals surface area contributed by atoms with E-state index in [1.807, 2.05) is 78.9 Å². The molecule has 9 rings (SSSR count). The van der Waals surface area contributed by atoms with E-state index in [9.17, 15) is 5.26 Å². The summed E-state index contributed by atoms with van der Waals surface area (Å²) in [6.45, 7) is 8.96. The molecule has 0 fully saturated rings. The summed E-state index contributed by atoms with van der Waals surface area (Å²) in [7, 11) is 0. The molecule has 0 aliphatic carbocycles. The normalized spacial score (nSPS) is 11.1. The molecule has 1 radical (unpaired) electrons. The van der Waals surface area contributed by atoms with Crippen molar-refractivity contribution in [2.24, 2.45) is 0 Å². The number of rotatable bonds is 6. The molecule has 4 heterocycles. The fourth-order valence-corrected chi connectivity index (χ4v) is 6.93. The number of imidazole rings is 1. The third kappa shape index (κ3) is 7.23. The van der Waals surface area contributed by atoms with Gasteiger partial charge in [0.15, 0.2) is 0 Å². The first-order valence-corrected chi connectivity index (χ1v) is 18.1. The number of para-hydroxylation sites is 3. The Morgan fingerprint density at radius 2 is 1.42 bits per heavy atom. The van der Waals surface area contributed by atoms with Gasteiger partial charge in [0.05, 0.1) is 39.8 Å². The first-order valence-electron chi connectivity index (χ1n) is 18.1. The minimum absolute atomic E-state index is 0. The van der Waals surface area contributed by atoms with Crippen molar-refractivity contribution in [2.75, 3.05) is 0 Å². The quantitative estimate of drug-likeness (QED) is 0.155. The number of fused-ring (bicyclic) bond motifs is 4. The van der Waals surface area contributed by atoms with E-state index in [0.29, 0.717) is 28.7 Å². The SMILES string of the molecule is CC(C)c1cccc(C(C)C)c1-n1c(-c2[c-]ccc3c2oc2nc(-c4ccc(C#N)cc4)ccc23)nc2ccccc21.[Ir].[c-]1ccccc1-c1ccccn1. The maximum absolute atomic E-state index is 9.17. The Labute approximate surface area is 334 Å². The van der Waals surface area contributed by atoms with Gasteiger partial charge in [-0.15, -0.1) is 54.1 Å². The van der Waals surface area contributed by atoms with E-state index in [2.05, 4.69) is 97.9 Å². The second-order valence-electron chi connectivity index (χ2n) is 13.8. The number of hydrogen-bond donors (Lipinski definition) is 0. The molecule has 0 bridgehead atoms. The second-order valence-corrected chi connectivity index (χ2v) is 13.8. The third-order valence-electron chi connectivity index (χ3n) is 9.61. The average Bonchev–Trinajstić information content (AvgIpc) is 3.80. The molecule has 0 N–H and O–H groups in total. The predicted octanol–water partition coefficient (Wildman–Crippen LogP) is 12.1. The molecule has 0 aliphatic rings. The van der Waals surface area contributed by atoms with Crippen LogP contribution in [0.5, 0.6) is 0 Å². The van der Waals surface area contributed by atoms with Crippen molar-refractivity contribution < 1.29 is 24.5 Å². The summed E-state index contributed by atoms with van der Waals surface area (Å²) in [4.78, 5) is 14.3. The number of aromatic nitrogens is 4. The molecule has 0 aliphatic heterocycles. The van der Waals surface area contributed by atoms with Crippen LogP contribution in [0.4, 0.5) is 0 Å². The molecule has 0 saturated carbocycles. The van der Waals surface area contributed by atoms with Crippen molar-refractivity contribution in [2.45, 2.75) is 39.5 Å². The predicted molar refractivity (Wildman–Crippen MR) is 217 cm³/mol. The van der Waals surface area contributed by atoms with Gasteiger partial charge in [-0.2, -0.15) is 5.26 Å². The zero-order valence-electron chi connectivity index (χ0n) is 30.9. The summed E-state index contributed by atoms with van der Waals surface area (Å²) in [5, 5.41) is 11.1. The minimum Gasteiger partial charge on any atom is -0.486 e. The van der Waals surface area contributed by atoms with Gasteiger partial charge in [0.25, 0.3) is 0 Å². The fraction of sp³-hybridized carbons (Fsp3) is 0.125. The van der Waals surface area contributed by atoms with Gasteiger partial charge in [-0.25, -0.2) is 4.98 Å². The first-order chi connectivity index (χ1) is 26.4. The van der Waals surface area contributed by atoms with Crippen molar-refractivity contribution in [1.29, 1.82) is 5.26 Å². The topological polar surface area (TPSA) is 80.5 Å². The van der Waals surface area contributed by atoms with Crippen LogP contribution in [0.3, 0.4) is 0 Å². The van der Waals surface area contributed by atoms with Crippen LogP contribution in [0.25, 0.3) is 72.7 Å². The monoisotopic (exact) mass is 892 g/mol. The first kappa shape index (κ1) is 37.1. The molecule has 271 valence electrons. The molecular weight excluding hydrogens is 855 g/mol. The summed E-state index contributed by atoms with van der Waals surface area (Å²) in [5.74, 6) is 1.44. The van der Waals surface area contributed by atoms with E-state index in [4.69, 9.17) is 14.4 Å². The van der Waals surface area contributed by atoms with Crippen molar-refractivity contribution in [3.63, 3.8) is 0 Å². The van der Waals surface area contributed by atoms with Crippen molar-refractivity contribution in [3.8, 4) is 45.7 Å². The van der Waals surface area contributed by atoms with Crippen molar-refractivity contribution >= 4 is 33.1 Å². The average molecular weight is 892 g/mol. The molecule has 0 atom stereocenters. The fourth-order valence-electron chi connectivity index (χ4n) is 6.93. The van der Waals surface area contributed by atoms with Crippen LogP contribution in [-0.4, -0.2) is 19.5 Å². The zero-order valence-corrected chi connectivity index (χ0v) is 33.3. The Kier molecular flexibility index (Phi) is 10.8. The van der Waals surface area contributed by atoms with Crippen LogP contribution >= 0.6 is 0 Å². The van der Waals surface area contributed by atoms with E-state index in [1.54, 1.807) is 18.3 Å². The van der Waals surface area contributed by atoms with E-state index in [-0.39, 0.29) is 20.1 Å². The summed E-state index contributed by atoms with van der Waals surface area (Å²) < 4.78 is 8.84. The molecule has 0 amide bonds. The van der Waals surface area contributed by atoms with Gasteiger partial charge >= 0.3 is 0 Å². The molecular formula is C48H37IrN5O-2. The summed E-state index contributed by atoms with van der Waals surface area (Å²) in [6.07, 6.45) is 1.79. The Morgan fingerprint density at radius 1 is 0.673 bits per heavy atom. The van der Waals surface area contributed by atoms with Crippen LogP contribution < -0.4 is 0 Å². The van der Waals surface area contributed by atoms with Crippen molar-refractivity contribution in [1.82, 2.24) is 19.5 Å². The van der Waals surface area contributed by atoms with E-state index in [0.717, 1.165) is 55.7 Å². The molecule has 55 heavy (non-hydrogen) atoms. The van der Waals surface area contributed by atoms with Gasteiger partial charge in [0, 0.05) is 42.9 Å². The van der Waals surface area contributed by atoms with Crippen LogP contribution in [0, 0.1) is 23.5 Å². The van der Waals surface area contributed by atoms with Gasteiger partial charge in [-0.05, 0) is 71.1 Å². The van der Waals surface area contributed by atoms with E-state index >= 15 is 0 Å². The summed E-state index contributed by atoms with van der Waals surface area (Å²) in [6, 6.07) is 52.8. The van der Waals surface area contributed by atoms with Crippen molar-refractivity contribution in [3.05, 3.63) is 168 Å². The van der Waals surface area contributed by atoms with Crippen LogP contribution in [-0.2, 0) is 20.1 Å². The van der Waals surface area contributed by atoms with Gasteiger partial charge in [-0.3, -0.25) is 4.98 Å². The maximum Gasteiger partial charge on any atom is 0.216 e. The van der Waals surface area contributed by atoms with Gasteiger partial charge in [0.1, 0.15) is 0 Å². The Balaban J connectivity index is 0.000000305. The smallest absolute Gasteiger partial charge is 0.216 e. The molecule has 7 heteroatoms. The Morgan fingerprint density at radius 3 is 2.11 bits per heavy atom. The molecule has 4 aromatic heterocycles. The maximum atomic E-state index is 9.17. The Bertz CT molecular complexity index is 2720. The largest absolute Gasteiger partial charge is 0.486 e. The number of benzene rings is 5. The molecule has 0 spiro atoms. The van der Waals surface area contributed by atoms with Crippen LogP contribution in [0.15, 0.2) is 144 Å². The Hall–Kier alpha value is -6.19. The number of nitrogens with zero attached hydrogens (tertiary/aromatic N) is 5. The molecule has 5 aromatic carbocycles.